The number of esters is 1. The van der Waals surface area contributed by atoms with Crippen LogP contribution in [0.1, 0.15) is 72.1 Å². The van der Waals surface area contributed by atoms with E-state index in [0.717, 1.165) is 50.5 Å². The maximum absolute atomic E-state index is 12.4. The molecule has 4 saturated carbocycles. The summed E-state index contributed by atoms with van der Waals surface area (Å²) in [5, 5.41) is 44.7. The quantitative estimate of drug-likeness (QED) is 0.307. The van der Waals surface area contributed by atoms with Gasteiger partial charge in [-0.25, -0.2) is 4.79 Å². The Morgan fingerprint density at radius 3 is 2.49 bits per heavy atom. The van der Waals surface area contributed by atoms with Crippen molar-refractivity contribution in [2.75, 3.05) is 13.7 Å². The molecule has 0 aromatic heterocycles. The molecule has 9 heteroatoms. The van der Waals surface area contributed by atoms with Crippen LogP contribution in [0.4, 0.5) is 0 Å². The number of cyclic esters (lactones) is 1. The average molecular weight is 551 g/mol. The van der Waals surface area contributed by atoms with E-state index in [9.17, 15) is 25.2 Å². The number of ether oxygens (including phenoxy) is 4. The molecule has 0 aromatic rings. The first-order chi connectivity index (χ1) is 18.4. The van der Waals surface area contributed by atoms with Crippen LogP contribution in [0, 0.1) is 34.5 Å². The molecule has 14 atom stereocenters. The zero-order valence-electron chi connectivity index (χ0n) is 23.6. The van der Waals surface area contributed by atoms with Gasteiger partial charge >= 0.3 is 5.97 Å². The number of carbonyl (C=O) groups excluding carboxylic acids is 1. The number of hydrogen-bond donors (Lipinski definition) is 4. The molecule has 0 unspecified atom stereocenters. The monoisotopic (exact) mass is 550 g/mol. The molecule has 5 fully saturated rings. The third-order valence-corrected chi connectivity index (χ3v) is 12.3. The largest absolute Gasteiger partial charge is 0.458 e. The Bertz CT molecular complexity index is 1000. The fourth-order valence-electron chi connectivity index (χ4n) is 10.2. The molecule has 9 nitrogen and oxygen atoms in total. The van der Waals surface area contributed by atoms with Crippen molar-refractivity contribution in [1.29, 1.82) is 0 Å². The van der Waals surface area contributed by atoms with Gasteiger partial charge < -0.3 is 39.4 Å². The lowest BCUT2D eigenvalue weighted by molar-refractivity contribution is -0.313. The molecular weight excluding hydrogens is 504 g/mol. The smallest absolute Gasteiger partial charge is 0.331 e. The molecule has 6 aliphatic rings. The van der Waals surface area contributed by atoms with E-state index >= 15 is 0 Å². The van der Waals surface area contributed by atoms with E-state index in [4.69, 9.17) is 18.9 Å². The van der Waals surface area contributed by atoms with Crippen molar-refractivity contribution < 1.29 is 44.2 Å². The summed E-state index contributed by atoms with van der Waals surface area (Å²) in [4.78, 5) is 11.8. The Labute approximate surface area is 230 Å². The molecule has 39 heavy (non-hydrogen) atoms. The molecule has 2 aliphatic heterocycles. The summed E-state index contributed by atoms with van der Waals surface area (Å²) in [6.07, 6.45) is 3.40. The van der Waals surface area contributed by atoms with Crippen LogP contribution < -0.4 is 0 Å². The predicted molar refractivity (Wildman–Crippen MR) is 139 cm³/mol. The average Bonchev–Trinajstić information content (AvgIpc) is 3.39. The van der Waals surface area contributed by atoms with Crippen molar-refractivity contribution in [3.8, 4) is 0 Å². The maximum Gasteiger partial charge on any atom is 0.331 e. The first kappa shape index (κ1) is 28.1. The third-order valence-electron chi connectivity index (χ3n) is 12.3. The molecule has 0 spiro atoms. The molecule has 0 radical (unpaired) electrons. The van der Waals surface area contributed by atoms with Crippen LogP contribution in [-0.4, -0.2) is 88.6 Å². The van der Waals surface area contributed by atoms with Gasteiger partial charge in [0.1, 0.15) is 24.9 Å². The number of aliphatic hydroxyl groups is 4. The van der Waals surface area contributed by atoms with Gasteiger partial charge in [0.25, 0.3) is 0 Å². The second-order valence-corrected chi connectivity index (χ2v) is 13.9. The molecule has 0 aromatic carbocycles. The van der Waals surface area contributed by atoms with E-state index in [-0.39, 0.29) is 35.9 Å². The summed E-state index contributed by atoms with van der Waals surface area (Å²) in [7, 11) is 1.48. The summed E-state index contributed by atoms with van der Waals surface area (Å²) >= 11 is 0. The van der Waals surface area contributed by atoms with Crippen molar-refractivity contribution in [3.63, 3.8) is 0 Å². The minimum atomic E-state index is -1.06. The molecule has 4 N–H and O–H groups in total. The van der Waals surface area contributed by atoms with E-state index < -0.39 is 47.8 Å². The van der Waals surface area contributed by atoms with Gasteiger partial charge in [0.15, 0.2) is 6.29 Å². The number of fused-ring (bicyclic) bond motifs is 5. The Balaban J connectivity index is 1.17. The van der Waals surface area contributed by atoms with Crippen LogP contribution in [-0.2, 0) is 23.7 Å². The number of methoxy groups -OCH3 is 1. The van der Waals surface area contributed by atoms with Gasteiger partial charge in [-0.05, 0) is 80.6 Å². The Kier molecular flexibility index (Phi) is 7.02. The summed E-state index contributed by atoms with van der Waals surface area (Å²) in [5.74, 6) is 0.260. The number of carbonyl (C=O) groups is 1. The molecule has 2 heterocycles. The van der Waals surface area contributed by atoms with E-state index in [1.807, 2.05) is 0 Å². The molecule has 4 aliphatic carbocycles. The number of rotatable bonds is 4. The van der Waals surface area contributed by atoms with E-state index in [1.54, 1.807) is 6.92 Å². The van der Waals surface area contributed by atoms with Gasteiger partial charge in [-0.15, -0.1) is 0 Å². The summed E-state index contributed by atoms with van der Waals surface area (Å²) in [5.41, 5.74) is -0.601. The summed E-state index contributed by atoms with van der Waals surface area (Å²) in [6.45, 7) is 6.48. The zero-order chi connectivity index (χ0) is 27.9. The van der Waals surface area contributed by atoms with Crippen LogP contribution in [0.3, 0.4) is 0 Å². The van der Waals surface area contributed by atoms with Crippen molar-refractivity contribution in [2.24, 2.45) is 34.5 Å². The molecule has 0 bridgehead atoms. The Morgan fingerprint density at radius 2 is 1.79 bits per heavy atom. The van der Waals surface area contributed by atoms with Crippen LogP contribution in [0.2, 0.25) is 0 Å². The highest BCUT2D eigenvalue weighted by atomic mass is 16.7. The normalized spacial score (nSPS) is 55.3. The molecular formula is C30H46O9. The predicted octanol–water partition coefficient (Wildman–Crippen LogP) is 2.08. The van der Waals surface area contributed by atoms with Crippen LogP contribution in [0.5, 0.6) is 0 Å². The van der Waals surface area contributed by atoms with E-state index in [2.05, 4.69) is 13.8 Å². The minimum Gasteiger partial charge on any atom is -0.458 e. The van der Waals surface area contributed by atoms with E-state index in [0.29, 0.717) is 18.3 Å². The topological polar surface area (TPSA) is 135 Å². The van der Waals surface area contributed by atoms with Gasteiger partial charge in [-0.2, -0.15) is 0 Å². The lowest BCUT2D eigenvalue weighted by Crippen LogP contribution is -2.62. The summed E-state index contributed by atoms with van der Waals surface area (Å²) < 4.78 is 22.7. The van der Waals surface area contributed by atoms with Crippen LogP contribution >= 0.6 is 0 Å². The molecule has 6 rings (SSSR count). The third kappa shape index (κ3) is 4.09. The Hall–Kier alpha value is -1.07. The number of hydrogen-bond acceptors (Lipinski definition) is 9. The first-order valence-electron chi connectivity index (χ1n) is 14.9. The van der Waals surface area contributed by atoms with Gasteiger partial charge in [0.2, 0.25) is 0 Å². The second-order valence-electron chi connectivity index (χ2n) is 13.9. The Morgan fingerprint density at radius 1 is 1.03 bits per heavy atom. The molecule has 220 valence electrons. The van der Waals surface area contributed by atoms with Crippen molar-refractivity contribution >= 4 is 5.97 Å². The zero-order valence-corrected chi connectivity index (χ0v) is 23.6. The van der Waals surface area contributed by atoms with Gasteiger partial charge in [-0.3, -0.25) is 0 Å². The highest BCUT2D eigenvalue weighted by molar-refractivity contribution is 5.85. The highest BCUT2D eigenvalue weighted by Gasteiger charge is 2.70. The first-order valence-corrected chi connectivity index (χ1v) is 14.9. The fraction of sp³-hybridized carbons (Fsp3) is 0.900. The lowest BCUT2D eigenvalue weighted by Gasteiger charge is -2.63. The number of aliphatic hydroxyl groups excluding tert-OH is 3. The van der Waals surface area contributed by atoms with Crippen molar-refractivity contribution in [1.82, 2.24) is 0 Å². The van der Waals surface area contributed by atoms with E-state index in [1.165, 1.54) is 13.2 Å². The minimum absolute atomic E-state index is 0.0547. The maximum atomic E-state index is 12.4. The highest BCUT2D eigenvalue weighted by Crippen LogP contribution is 2.70. The lowest BCUT2D eigenvalue weighted by atomic mass is 9.43. The SMILES string of the molecule is CO[C@H]1[C@@H](O)[C@@H](C)O[C@@H](O[C@H]2CC[C@@]3(C)[C@H](CC[C@H]4[C@H]3CC[C@]3(C)[C@@H](C5=CC(=O)OC5)[C@@H](O)C[C@]43O)C2)[C@@H]1O. The van der Waals surface area contributed by atoms with Crippen molar-refractivity contribution in [2.45, 2.75) is 121 Å². The van der Waals surface area contributed by atoms with Gasteiger partial charge in [0, 0.05) is 30.9 Å². The van der Waals surface area contributed by atoms with Crippen LogP contribution in [0.25, 0.3) is 0 Å². The molecule has 0 amide bonds. The second kappa shape index (κ2) is 9.75. The summed E-state index contributed by atoms with van der Waals surface area (Å²) in [6, 6.07) is 0. The molecule has 1 saturated heterocycles. The van der Waals surface area contributed by atoms with Gasteiger partial charge in [-0.1, -0.05) is 13.8 Å². The standard InChI is InChI=1S/C30H46O9/c1-15-24(33)26(36-4)25(34)27(38-15)39-18-7-9-28(2)17(12-18)5-6-20-19(28)8-10-29(3)23(16-11-22(32)37-14-16)21(31)13-30(20,29)35/h11,15,17-21,23-27,31,33-35H,5-10,12-14H2,1-4H3/t15-,17-,18+,19-,20+,21+,23+,24+,25-,26+,27+,28+,29-,30+/m1/s1. The van der Waals surface area contributed by atoms with Crippen molar-refractivity contribution in [3.05, 3.63) is 11.6 Å². The van der Waals surface area contributed by atoms with Gasteiger partial charge in [0.05, 0.1) is 23.9 Å². The van der Waals surface area contributed by atoms with Crippen LogP contribution in [0.15, 0.2) is 11.6 Å². The fourth-order valence-corrected chi connectivity index (χ4v) is 10.2.